The van der Waals surface area contributed by atoms with Gasteiger partial charge in [-0.05, 0) is 54.2 Å². The Morgan fingerprint density at radius 3 is 2.73 bits per heavy atom. The van der Waals surface area contributed by atoms with Crippen LogP contribution in [0.15, 0.2) is 58.8 Å². The lowest BCUT2D eigenvalue weighted by molar-refractivity contribution is 0.206. The second-order valence-corrected chi connectivity index (χ2v) is 10.3. The molecule has 11 heteroatoms. The third-order valence-electron chi connectivity index (χ3n) is 5.48. The van der Waals surface area contributed by atoms with Gasteiger partial charge in [-0.25, -0.2) is 17.6 Å². The van der Waals surface area contributed by atoms with Crippen molar-refractivity contribution < 1.29 is 22.7 Å². The second-order valence-electron chi connectivity index (χ2n) is 7.86. The number of hydrogen-bond donors (Lipinski definition) is 2. The van der Waals surface area contributed by atoms with Crippen molar-refractivity contribution in [1.29, 1.82) is 0 Å². The zero-order valence-corrected chi connectivity index (χ0v) is 19.4. The van der Waals surface area contributed by atoms with Crippen LogP contribution < -0.4 is 9.62 Å². The number of nitrogens with one attached hydrogen (secondary N) is 1. The third kappa shape index (κ3) is 5.00. The van der Waals surface area contributed by atoms with Crippen molar-refractivity contribution >= 4 is 39.2 Å². The minimum atomic E-state index is -4.70. The molecule has 0 spiro atoms. The predicted molar refractivity (Wildman–Crippen MR) is 125 cm³/mol. The van der Waals surface area contributed by atoms with E-state index in [1.807, 2.05) is 18.2 Å². The van der Waals surface area contributed by atoms with Crippen LogP contribution in [0.2, 0.25) is 0 Å². The molecule has 2 aromatic carbocycles. The minimum Gasteiger partial charge on any atom is -0.464 e. The predicted octanol–water partition coefficient (Wildman–Crippen LogP) is 4.15. The molecule has 3 aromatic rings. The van der Waals surface area contributed by atoms with Crippen LogP contribution in [0.3, 0.4) is 0 Å². The van der Waals surface area contributed by atoms with E-state index in [2.05, 4.69) is 26.7 Å². The van der Waals surface area contributed by atoms with Crippen molar-refractivity contribution in [2.24, 2.45) is 0 Å². The molecule has 8 nitrogen and oxygen atoms in total. The van der Waals surface area contributed by atoms with Crippen molar-refractivity contribution in [2.45, 2.75) is 30.8 Å². The highest BCUT2D eigenvalue weighted by Crippen LogP contribution is 2.30. The topological polar surface area (TPSA) is 103 Å². The Bertz CT molecular complexity index is 1240. The van der Waals surface area contributed by atoms with Crippen LogP contribution in [0.25, 0.3) is 0 Å². The maximum atomic E-state index is 15.0. The number of anilines is 2. The molecule has 174 valence electrons. The molecule has 0 unspecified atom stereocenters. The molecule has 1 aliphatic heterocycles. The monoisotopic (exact) mass is 490 g/mol. The van der Waals surface area contributed by atoms with Gasteiger partial charge in [0.2, 0.25) is 0 Å². The molecule has 0 saturated carbocycles. The molecule has 2 heterocycles. The number of carbonyl (C=O) groups is 1. The molecule has 0 aliphatic carbocycles. The van der Waals surface area contributed by atoms with Crippen LogP contribution in [0.4, 0.5) is 20.7 Å². The maximum absolute atomic E-state index is 15.0. The molecule has 4 rings (SSSR count). The van der Waals surface area contributed by atoms with E-state index in [0.29, 0.717) is 11.3 Å². The van der Waals surface area contributed by atoms with Gasteiger partial charge in [-0.1, -0.05) is 30.3 Å². The molecule has 1 fully saturated rings. The van der Waals surface area contributed by atoms with E-state index in [-0.39, 0.29) is 16.2 Å². The highest BCUT2D eigenvalue weighted by Gasteiger charge is 2.35. The summed E-state index contributed by atoms with van der Waals surface area (Å²) < 4.78 is 44.7. The molecule has 1 saturated heterocycles. The van der Waals surface area contributed by atoms with E-state index >= 15 is 0 Å². The van der Waals surface area contributed by atoms with Crippen molar-refractivity contribution in [1.82, 2.24) is 9.27 Å². The highest BCUT2D eigenvalue weighted by atomic mass is 32.2. The summed E-state index contributed by atoms with van der Waals surface area (Å²) >= 11 is 0.897. The summed E-state index contributed by atoms with van der Waals surface area (Å²) in [7, 11) is -4.70. The number of nitrogens with zero attached hydrogens (tertiary/aromatic N) is 3. The first-order valence-corrected chi connectivity index (χ1v) is 12.5. The number of benzene rings is 2. The fourth-order valence-electron chi connectivity index (χ4n) is 3.90. The van der Waals surface area contributed by atoms with Crippen LogP contribution in [0.1, 0.15) is 17.5 Å². The first-order chi connectivity index (χ1) is 15.8. The second kappa shape index (κ2) is 9.46. The fourth-order valence-corrected chi connectivity index (χ4v) is 5.82. The Balaban J connectivity index is 1.51. The van der Waals surface area contributed by atoms with E-state index in [4.69, 9.17) is 0 Å². The summed E-state index contributed by atoms with van der Waals surface area (Å²) in [6.07, 6.45) is -0.894. The number of hydrogen-bond acceptors (Lipinski definition) is 7. The van der Waals surface area contributed by atoms with Crippen LogP contribution in [-0.2, 0) is 16.6 Å². The third-order valence-corrected chi connectivity index (χ3v) is 7.73. The van der Waals surface area contributed by atoms with Crippen molar-refractivity contribution in [3.05, 3.63) is 70.9 Å². The first-order valence-electron chi connectivity index (χ1n) is 10.3. The van der Waals surface area contributed by atoms with Gasteiger partial charge in [0.1, 0.15) is 10.7 Å². The Morgan fingerprint density at radius 2 is 2.06 bits per heavy atom. The maximum Gasteiger partial charge on any atom is 0.427 e. The highest BCUT2D eigenvalue weighted by molar-refractivity contribution is 7.93. The van der Waals surface area contributed by atoms with Crippen molar-refractivity contribution in [3.63, 3.8) is 0 Å². The standard InChI is InChI=1S/C22H23FN4O4S2/c1-15-11-20(33(30,31)27(22(28)29)21-8-10-32-25-21)18(23)12-19(15)24-17-7-9-26(14-17)13-16-5-3-2-4-6-16/h2-6,8,10-12,17,24H,7,9,13-14H2,1H3,(H,28,29)/t17-/m0/s1. The lowest BCUT2D eigenvalue weighted by Crippen LogP contribution is -2.36. The number of aromatic nitrogens is 1. The Hall–Kier alpha value is -3.02. The van der Waals surface area contributed by atoms with Gasteiger partial charge in [0.05, 0.1) is 0 Å². The number of rotatable bonds is 7. The van der Waals surface area contributed by atoms with E-state index in [9.17, 15) is 22.7 Å². The van der Waals surface area contributed by atoms with E-state index < -0.39 is 26.8 Å². The van der Waals surface area contributed by atoms with Crippen LogP contribution in [0.5, 0.6) is 0 Å². The van der Waals surface area contributed by atoms with E-state index in [0.717, 1.165) is 49.7 Å². The molecule has 1 aliphatic rings. The SMILES string of the molecule is Cc1cc(S(=O)(=O)N(C(=O)O)c2ccsn2)c(F)cc1N[C@H]1CCN(Cc2ccccc2)C1. The molecule has 33 heavy (non-hydrogen) atoms. The smallest absolute Gasteiger partial charge is 0.427 e. The number of halogens is 1. The number of aryl methyl sites for hydroxylation is 1. The number of likely N-dealkylation sites (tertiary alicyclic amines) is 1. The molecule has 1 atom stereocenters. The van der Waals surface area contributed by atoms with E-state index in [1.165, 1.54) is 17.0 Å². The summed E-state index contributed by atoms with van der Waals surface area (Å²) in [5, 5.41) is 14.2. The zero-order valence-electron chi connectivity index (χ0n) is 17.8. The summed E-state index contributed by atoms with van der Waals surface area (Å²) in [5.74, 6) is -1.32. The zero-order chi connectivity index (χ0) is 23.6. The van der Waals surface area contributed by atoms with Crippen LogP contribution in [0, 0.1) is 12.7 Å². The molecule has 0 bridgehead atoms. The van der Waals surface area contributed by atoms with Gasteiger partial charge >= 0.3 is 6.09 Å². The van der Waals surface area contributed by atoms with Gasteiger partial charge in [0.25, 0.3) is 10.0 Å². The molecule has 0 radical (unpaired) electrons. The number of carboxylic acid groups (broad SMARTS) is 1. The average molecular weight is 491 g/mol. The van der Waals surface area contributed by atoms with Gasteiger partial charge < -0.3 is 10.4 Å². The molecular formula is C22H23FN4O4S2. The lowest BCUT2D eigenvalue weighted by Gasteiger charge is -2.21. The summed E-state index contributed by atoms with van der Waals surface area (Å²) in [6, 6.07) is 13.7. The number of sulfonamides is 1. The quantitative estimate of drug-likeness (QED) is 0.513. The first kappa shape index (κ1) is 23.1. The molecule has 2 N–H and O–H groups in total. The minimum absolute atomic E-state index is 0.0831. The molecular weight excluding hydrogens is 467 g/mol. The van der Waals surface area contributed by atoms with E-state index in [1.54, 1.807) is 6.92 Å². The average Bonchev–Trinajstić information content (AvgIpc) is 3.43. The Morgan fingerprint density at radius 1 is 1.30 bits per heavy atom. The van der Waals surface area contributed by atoms with Gasteiger partial charge in [-0.15, -0.1) is 4.31 Å². The molecule has 1 aromatic heterocycles. The molecule has 1 amide bonds. The summed E-state index contributed by atoms with van der Waals surface area (Å²) in [4.78, 5) is 13.2. The van der Waals surface area contributed by atoms with Crippen LogP contribution >= 0.6 is 11.5 Å². The summed E-state index contributed by atoms with van der Waals surface area (Å²) in [6.45, 7) is 4.14. The van der Waals surface area contributed by atoms with Gasteiger partial charge in [-0.2, -0.15) is 4.37 Å². The lowest BCUT2D eigenvalue weighted by atomic mass is 10.1. The van der Waals surface area contributed by atoms with Gasteiger partial charge in [-0.3, -0.25) is 4.90 Å². The van der Waals surface area contributed by atoms with Gasteiger partial charge in [0.15, 0.2) is 5.82 Å². The summed E-state index contributed by atoms with van der Waals surface area (Å²) in [5.41, 5.74) is 2.20. The fraction of sp³-hybridized carbons (Fsp3) is 0.273. The Labute approximate surface area is 195 Å². The Kier molecular flexibility index (Phi) is 6.63. The normalized spacial score (nSPS) is 16.6. The van der Waals surface area contributed by atoms with Crippen molar-refractivity contribution in [3.8, 4) is 0 Å². The van der Waals surface area contributed by atoms with Crippen LogP contribution in [-0.4, -0.2) is 48.0 Å². The number of amides is 1. The largest absolute Gasteiger partial charge is 0.464 e. The van der Waals surface area contributed by atoms with Crippen molar-refractivity contribution in [2.75, 3.05) is 22.7 Å². The van der Waals surface area contributed by atoms with Gasteiger partial charge in [0, 0.05) is 36.7 Å².